The topological polar surface area (TPSA) is 52.6 Å². The van der Waals surface area contributed by atoms with Crippen LogP contribution in [0.4, 0.5) is 16.2 Å². The lowest BCUT2D eigenvalue weighted by molar-refractivity contribution is -0.119. The first kappa shape index (κ1) is 20.5. The maximum Gasteiger partial charge on any atom is 0.324 e. The molecule has 2 aromatic rings. The number of benzene rings is 2. The van der Waals surface area contributed by atoms with Gasteiger partial charge in [0.2, 0.25) is 5.91 Å². The van der Waals surface area contributed by atoms with E-state index in [-0.39, 0.29) is 17.9 Å². The van der Waals surface area contributed by atoms with Crippen molar-refractivity contribution in [3.8, 4) is 0 Å². The smallest absolute Gasteiger partial charge is 0.324 e. The van der Waals surface area contributed by atoms with E-state index in [1.54, 1.807) is 0 Å². The number of amides is 3. The largest absolute Gasteiger partial charge is 0.326 e. The molecule has 2 fully saturated rings. The van der Waals surface area contributed by atoms with Crippen LogP contribution in [0.15, 0.2) is 42.5 Å². The molecule has 4 rings (SSSR count). The molecule has 1 saturated carbocycles. The Kier molecular flexibility index (Phi) is 6.07. The van der Waals surface area contributed by atoms with Gasteiger partial charge in [-0.05, 0) is 56.9 Å². The van der Waals surface area contributed by atoms with E-state index >= 15 is 0 Å². The molecule has 0 spiro atoms. The van der Waals surface area contributed by atoms with Gasteiger partial charge < -0.3 is 10.2 Å². The summed E-state index contributed by atoms with van der Waals surface area (Å²) in [6.45, 7) is 6.26. The minimum absolute atomic E-state index is 0.0275. The Bertz CT molecular complexity index is 913. The fourth-order valence-electron chi connectivity index (χ4n) is 4.73. The predicted molar refractivity (Wildman–Crippen MR) is 121 cm³/mol. The SMILES string of the molecule is Cc1cc(C)cc(CN2CCCN(c3cccc(NC(=O)C4CCCC4)c3)C2=O)c1. The highest BCUT2D eigenvalue weighted by Gasteiger charge is 2.27. The van der Waals surface area contributed by atoms with Gasteiger partial charge in [-0.15, -0.1) is 0 Å². The summed E-state index contributed by atoms with van der Waals surface area (Å²) in [7, 11) is 0. The zero-order valence-corrected chi connectivity index (χ0v) is 18.0. The molecule has 0 aromatic heterocycles. The molecule has 1 aliphatic heterocycles. The van der Waals surface area contributed by atoms with Gasteiger partial charge in [-0.2, -0.15) is 0 Å². The molecule has 1 aliphatic carbocycles. The summed E-state index contributed by atoms with van der Waals surface area (Å²) in [5.74, 6) is 0.226. The molecule has 0 atom stereocenters. The summed E-state index contributed by atoms with van der Waals surface area (Å²) in [6.07, 6.45) is 5.15. The fourth-order valence-corrected chi connectivity index (χ4v) is 4.73. The first-order chi connectivity index (χ1) is 14.5. The number of aryl methyl sites for hydroxylation is 2. The number of hydrogen-bond donors (Lipinski definition) is 1. The zero-order valence-electron chi connectivity index (χ0n) is 18.0. The summed E-state index contributed by atoms with van der Waals surface area (Å²) < 4.78 is 0. The number of urea groups is 1. The molecule has 5 heteroatoms. The van der Waals surface area contributed by atoms with Crippen molar-refractivity contribution in [3.63, 3.8) is 0 Å². The first-order valence-corrected chi connectivity index (χ1v) is 11.0. The van der Waals surface area contributed by atoms with Crippen LogP contribution in [0.1, 0.15) is 48.8 Å². The maximum atomic E-state index is 13.2. The highest BCUT2D eigenvalue weighted by atomic mass is 16.2. The Morgan fingerprint density at radius 3 is 2.47 bits per heavy atom. The van der Waals surface area contributed by atoms with E-state index in [1.165, 1.54) is 16.7 Å². The van der Waals surface area contributed by atoms with E-state index in [1.807, 2.05) is 34.1 Å². The Balaban J connectivity index is 1.46. The number of rotatable bonds is 5. The summed E-state index contributed by atoms with van der Waals surface area (Å²) >= 11 is 0. The maximum absolute atomic E-state index is 13.2. The van der Waals surface area contributed by atoms with Crippen molar-refractivity contribution in [3.05, 3.63) is 59.2 Å². The van der Waals surface area contributed by atoms with Crippen LogP contribution in [0, 0.1) is 19.8 Å². The van der Waals surface area contributed by atoms with Crippen LogP contribution in [0.5, 0.6) is 0 Å². The number of nitrogens with one attached hydrogen (secondary N) is 1. The second-order valence-electron chi connectivity index (χ2n) is 8.73. The minimum atomic E-state index is 0.0275. The third kappa shape index (κ3) is 4.66. The van der Waals surface area contributed by atoms with Crippen LogP contribution in [0.25, 0.3) is 0 Å². The van der Waals surface area contributed by atoms with Crippen LogP contribution >= 0.6 is 0 Å². The van der Waals surface area contributed by atoms with Crippen molar-refractivity contribution < 1.29 is 9.59 Å². The van der Waals surface area contributed by atoms with E-state index in [2.05, 4.69) is 37.4 Å². The zero-order chi connectivity index (χ0) is 21.1. The fraction of sp³-hybridized carbons (Fsp3) is 0.440. The first-order valence-electron chi connectivity index (χ1n) is 11.0. The molecule has 1 heterocycles. The van der Waals surface area contributed by atoms with E-state index in [4.69, 9.17) is 0 Å². The highest BCUT2D eigenvalue weighted by molar-refractivity contribution is 5.96. The number of carbonyl (C=O) groups excluding carboxylic acids is 2. The van der Waals surface area contributed by atoms with Crippen LogP contribution < -0.4 is 10.2 Å². The highest BCUT2D eigenvalue weighted by Crippen LogP contribution is 2.28. The molecule has 2 aromatic carbocycles. The van der Waals surface area contributed by atoms with Gasteiger partial charge in [-0.3, -0.25) is 9.69 Å². The molecule has 0 unspecified atom stereocenters. The van der Waals surface area contributed by atoms with E-state index in [9.17, 15) is 9.59 Å². The Labute approximate surface area is 179 Å². The van der Waals surface area contributed by atoms with Gasteiger partial charge in [0, 0.05) is 36.9 Å². The minimum Gasteiger partial charge on any atom is -0.326 e. The number of hydrogen-bond acceptors (Lipinski definition) is 2. The van der Waals surface area contributed by atoms with E-state index < -0.39 is 0 Å². The third-order valence-electron chi connectivity index (χ3n) is 6.12. The standard InChI is InChI=1S/C25H31N3O2/c1-18-13-19(2)15-20(14-18)17-27-11-6-12-28(25(27)30)23-10-5-9-22(16-23)26-24(29)21-7-3-4-8-21/h5,9-10,13-16,21H,3-4,6-8,11-12,17H2,1-2H3,(H,26,29). The molecule has 1 N–H and O–H groups in total. The molecule has 2 aliphatic rings. The molecule has 3 amide bonds. The lowest BCUT2D eigenvalue weighted by atomic mass is 10.1. The molecule has 1 saturated heterocycles. The molecule has 30 heavy (non-hydrogen) atoms. The second kappa shape index (κ2) is 8.90. The number of nitrogens with zero attached hydrogens (tertiary/aromatic N) is 2. The van der Waals surface area contributed by atoms with Gasteiger partial charge >= 0.3 is 6.03 Å². The molecule has 5 nitrogen and oxygen atoms in total. The summed E-state index contributed by atoms with van der Waals surface area (Å²) in [5.41, 5.74) is 5.22. The molecular formula is C25H31N3O2. The number of carbonyl (C=O) groups is 2. The normalized spacial score (nSPS) is 17.5. The second-order valence-corrected chi connectivity index (χ2v) is 8.73. The monoisotopic (exact) mass is 405 g/mol. The lowest BCUT2D eigenvalue weighted by Gasteiger charge is -2.36. The summed E-state index contributed by atoms with van der Waals surface area (Å²) in [5, 5.41) is 3.05. The average Bonchev–Trinajstić information content (AvgIpc) is 3.24. The summed E-state index contributed by atoms with van der Waals surface area (Å²) in [6, 6.07) is 14.2. The van der Waals surface area contributed by atoms with Gasteiger partial charge in [0.1, 0.15) is 0 Å². The lowest BCUT2D eigenvalue weighted by Crippen LogP contribution is -2.49. The Hall–Kier alpha value is -2.82. The van der Waals surface area contributed by atoms with Crippen molar-refractivity contribution in [2.45, 2.75) is 52.5 Å². The molecular weight excluding hydrogens is 374 g/mol. The third-order valence-corrected chi connectivity index (χ3v) is 6.12. The van der Waals surface area contributed by atoms with Crippen molar-refractivity contribution in [1.82, 2.24) is 4.90 Å². The quantitative estimate of drug-likeness (QED) is 0.737. The van der Waals surface area contributed by atoms with Crippen molar-refractivity contribution in [2.24, 2.45) is 5.92 Å². The van der Waals surface area contributed by atoms with Gasteiger partial charge in [0.05, 0.1) is 0 Å². The summed E-state index contributed by atoms with van der Waals surface area (Å²) in [4.78, 5) is 29.4. The molecule has 158 valence electrons. The van der Waals surface area contributed by atoms with E-state index in [0.29, 0.717) is 13.1 Å². The molecule has 0 bridgehead atoms. The van der Waals surface area contributed by atoms with E-state index in [0.717, 1.165) is 50.0 Å². The average molecular weight is 406 g/mol. The number of anilines is 2. The van der Waals surface area contributed by atoms with Crippen LogP contribution in [0.2, 0.25) is 0 Å². The Morgan fingerprint density at radius 2 is 1.73 bits per heavy atom. The van der Waals surface area contributed by atoms with Gasteiger partial charge in [0.15, 0.2) is 0 Å². The van der Waals surface area contributed by atoms with Crippen molar-refractivity contribution in [1.29, 1.82) is 0 Å². The van der Waals surface area contributed by atoms with Gasteiger partial charge in [0.25, 0.3) is 0 Å². The molecule has 0 radical (unpaired) electrons. The van der Waals surface area contributed by atoms with Crippen LogP contribution in [-0.4, -0.2) is 29.9 Å². The van der Waals surface area contributed by atoms with Crippen LogP contribution in [-0.2, 0) is 11.3 Å². The Morgan fingerprint density at radius 1 is 1.00 bits per heavy atom. The predicted octanol–water partition coefficient (Wildman–Crippen LogP) is 5.26. The van der Waals surface area contributed by atoms with Crippen LogP contribution in [0.3, 0.4) is 0 Å². The van der Waals surface area contributed by atoms with Gasteiger partial charge in [-0.1, -0.05) is 48.2 Å². The van der Waals surface area contributed by atoms with Gasteiger partial charge in [-0.25, -0.2) is 4.79 Å². The van der Waals surface area contributed by atoms with Crippen molar-refractivity contribution in [2.75, 3.05) is 23.3 Å². The van der Waals surface area contributed by atoms with Crippen molar-refractivity contribution >= 4 is 23.3 Å².